The highest BCUT2D eigenvalue weighted by molar-refractivity contribution is 9.10. The first-order valence-electron chi connectivity index (χ1n) is 6.45. The molecule has 3 aromatic rings. The summed E-state index contributed by atoms with van der Waals surface area (Å²) < 4.78 is 17.6. The van der Waals surface area contributed by atoms with Crippen LogP contribution in [0.5, 0.6) is 0 Å². The number of halogens is 3. The van der Waals surface area contributed by atoms with Gasteiger partial charge in [-0.25, -0.2) is 4.39 Å². The number of hydrogen-bond donors (Lipinski definition) is 1. The Kier molecular flexibility index (Phi) is 4.66. The van der Waals surface area contributed by atoms with Crippen molar-refractivity contribution in [1.29, 1.82) is 0 Å². The van der Waals surface area contributed by atoms with Crippen LogP contribution in [-0.2, 0) is 0 Å². The molecule has 6 heteroatoms. The van der Waals surface area contributed by atoms with Gasteiger partial charge in [0.1, 0.15) is 5.82 Å². The number of rotatable bonds is 4. The van der Waals surface area contributed by atoms with Crippen molar-refractivity contribution in [2.75, 3.05) is 6.54 Å². The summed E-state index contributed by atoms with van der Waals surface area (Å²) in [6.45, 7) is 2.77. The number of nitrogens with one attached hydrogen (secondary N) is 1. The Balaban J connectivity index is 2.09. The van der Waals surface area contributed by atoms with Gasteiger partial charge >= 0.3 is 0 Å². The normalized spacial score (nSPS) is 13.0. The lowest BCUT2D eigenvalue weighted by atomic mass is 10.0. The van der Waals surface area contributed by atoms with E-state index in [2.05, 4.69) is 38.8 Å². The largest absolute Gasteiger partial charge is 0.306 e. The van der Waals surface area contributed by atoms with Gasteiger partial charge in [0.2, 0.25) is 0 Å². The number of benzene rings is 1. The molecule has 0 aliphatic heterocycles. The molecule has 0 saturated heterocycles. The first-order valence-corrected chi connectivity index (χ1v) is 9.32. The van der Waals surface area contributed by atoms with Gasteiger partial charge in [0.15, 0.2) is 0 Å². The van der Waals surface area contributed by atoms with Crippen molar-refractivity contribution in [2.24, 2.45) is 0 Å². The number of hydrogen-bond acceptors (Lipinski definition) is 3. The first-order chi connectivity index (χ1) is 10.1. The Labute approximate surface area is 143 Å². The Morgan fingerprint density at radius 1 is 1.33 bits per heavy atom. The second-order valence-corrected chi connectivity index (χ2v) is 7.85. The van der Waals surface area contributed by atoms with Crippen LogP contribution in [-0.4, -0.2) is 6.54 Å². The topological polar surface area (TPSA) is 12.0 Å². The maximum absolute atomic E-state index is 14.5. The van der Waals surface area contributed by atoms with E-state index in [9.17, 15) is 4.39 Å². The van der Waals surface area contributed by atoms with Crippen LogP contribution in [0, 0.1) is 5.82 Å². The van der Waals surface area contributed by atoms with Crippen LogP contribution < -0.4 is 5.32 Å². The molecule has 2 aromatic heterocycles. The maximum Gasteiger partial charge on any atom is 0.148 e. The van der Waals surface area contributed by atoms with Gasteiger partial charge in [0, 0.05) is 24.3 Å². The Morgan fingerprint density at radius 3 is 2.86 bits per heavy atom. The molecule has 1 N–H and O–H groups in total. The fraction of sp³-hybridized carbons (Fsp3) is 0.200. The van der Waals surface area contributed by atoms with Crippen molar-refractivity contribution >= 4 is 59.6 Å². The summed E-state index contributed by atoms with van der Waals surface area (Å²) >= 11 is 12.7. The van der Waals surface area contributed by atoms with Crippen molar-refractivity contribution in [3.05, 3.63) is 55.4 Å². The first kappa shape index (κ1) is 15.4. The summed E-state index contributed by atoms with van der Waals surface area (Å²) in [5, 5.41) is 5.56. The third-order valence-electron chi connectivity index (χ3n) is 3.23. The summed E-state index contributed by atoms with van der Waals surface area (Å²) in [6, 6.07) is 7.63. The Hall–Kier alpha value is -0.460. The van der Waals surface area contributed by atoms with Crippen molar-refractivity contribution in [3.63, 3.8) is 0 Å². The highest BCUT2D eigenvalue weighted by Crippen LogP contribution is 2.38. The zero-order chi connectivity index (χ0) is 15.0. The smallest absolute Gasteiger partial charge is 0.148 e. The molecular formula is C15H12BrClFNS2. The minimum absolute atomic E-state index is 0.133. The molecule has 0 radical (unpaired) electrons. The minimum Gasteiger partial charge on any atom is -0.306 e. The second-order valence-electron chi connectivity index (χ2n) is 4.55. The molecule has 21 heavy (non-hydrogen) atoms. The van der Waals surface area contributed by atoms with Gasteiger partial charge in [0.25, 0.3) is 0 Å². The third kappa shape index (κ3) is 2.90. The van der Waals surface area contributed by atoms with Gasteiger partial charge in [-0.1, -0.05) is 24.6 Å². The lowest BCUT2D eigenvalue weighted by Crippen LogP contribution is -2.22. The van der Waals surface area contributed by atoms with Crippen LogP contribution in [0.1, 0.15) is 23.4 Å². The van der Waals surface area contributed by atoms with Gasteiger partial charge in [0.05, 0.1) is 11.1 Å². The lowest BCUT2D eigenvalue weighted by molar-refractivity contribution is 0.563. The van der Waals surface area contributed by atoms with E-state index in [1.54, 1.807) is 34.8 Å². The van der Waals surface area contributed by atoms with Crippen molar-refractivity contribution in [1.82, 2.24) is 5.32 Å². The van der Waals surface area contributed by atoms with Gasteiger partial charge in [-0.2, -0.15) is 0 Å². The van der Waals surface area contributed by atoms with E-state index in [1.807, 2.05) is 6.92 Å². The number of fused-ring (bicyclic) bond motifs is 1. The van der Waals surface area contributed by atoms with E-state index in [0.717, 1.165) is 11.4 Å². The fourth-order valence-corrected chi connectivity index (χ4v) is 4.95. The molecule has 1 atom stereocenters. The van der Waals surface area contributed by atoms with E-state index >= 15 is 0 Å². The highest BCUT2D eigenvalue weighted by Gasteiger charge is 2.22. The summed E-state index contributed by atoms with van der Waals surface area (Å²) in [7, 11) is 0. The summed E-state index contributed by atoms with van der Waals surface area (Å²) in [4.78, 5) is 1.11. The quantitative estimate of drug-likeness (QED) is 0.509. The van der Waals surface area contributed by atoms with E-state index < -0.39 is 0 Å². The fourth-order valence-electron chi connectivity index (χ4n) is 2.26. The summed E-state index contributed by atoms with van der Waals surface area (Å²) in [6.07, 6.45) is 0. The molecular weight excluding hydrogens is 393 g/mol. The van der Waals surface area contributed by atoms with Crippen LogP contribution in [0.3, 0.4) is 0 Å². The third-order valence-corrected chi connectivity index (χ3v) is 6.64. The molecule has 3 rings (SSSR count). The Morgan fingerprint density at radius 2 is 2.14 bits per heavy atom. The molecule has 0 fully saturated rings. The highest BCUT2D eigenvalue weighted by atomic mass is 79.9. The van der Waals surface area contributed by atoms with Crippen LogP contribution in [0.15, 0.2) is 34.1 Å². The molecule has 1 unspecified atom stereocenters. The van der Waals surface area contributed by atoms with E-state index in [0.29, 0.717) is 10.0 Å². The maximum atomic E-state index is 14.5. The van der Waals surface area contributed by atoms with E-state index in [4.69, 9.17) is 11.6 Å². The molecule has 0 aliphatic rings. The molecule has 1 aromatic carbocycles. The van der Waals surface area contributed by atoms with Gasteiger partial charge in [-0.3, -0.25) is 0 Å². The number of thiophene rings is 2. The molecule has 0 aliphatic carbocycles. The predicted octanol–water partition coefficient (Wildman–Crippen LogP) is 6.22. The summed E-state index contributed by atoms with van der Waals surface area (Å²) in [5.41, 5.74) is 0.582. The van der Waals surface area contributed by atoms with Gasteiger partial charge < -0.3 is 5.32 Å². The minimum atomic E-state index is -0.367. The molecule has 0 saturated carbocycles. The lowest BCUT2D eigenvalue weighted by Gasteiger charge is -2.18. The molecule has 110 valence electrons. The monoisotopic (exact) mass is 403 g/mol. The molecule has 0 spiro atoms. The van der Waals surface area contributed by atoms with Crippen molar-refractivity contribution in [3.8, 4) is 0 Å². The molecule has 0 bridgehead atoms. The van der Waals surface area contributed by atoms with Crippen molar-refractivity contribution < 1.29 is 4.39 Å². The zero-order valence-electron chi connectivity index (χ0n) is 11.1. The van der Waals surface area contributed by atoms with Gasteiger partial charge in [-0.05, 0) is 46.1 Å². The average molecular weight is 405 g/mol. The molecule has 0 amide bonds. The predicted molar refractivity (Wildman–Crippen MR) is 94.3 cm³/mol. The standard InChI is InChI=1S/C15H12BrClFNS2/c1-2-19-15(8-3-4-9(16)13(17)14(8)18)12-7-11-10(21-12)5-6-20-11/h3-7,15,19H,2H2,1H3. The summed E-state index contributed by atoms with van der Waals surface area (Å²) in [5.74, 6) is -0.367. The van der Waals surface area contributed by atoms with E-state index in [1.165, 1.54) is 9.40 Å². The van der Waals surface area contributed by atoms with Crippen molar-refractivity contribution in [2.45, 2.75) is 13.0 Å². The molecule has 1 nitrogen and oxygen atoms in total. The average Bonchev–Trinajstić information content (AvgIpc) is 3.04. The Bertz CT molecular complexity index is 755. The SMILES string of the molecule is CCNC(c1cc2sccc2s1)c1ccc(Br)c(Cl)c1F. The van der Waals surface area contributed by atoms with Gasteiger partial charge in [-0.15, -0.1) is 22.7 Å². The van der Waals surface area contributed by atoms with Crippen LogP contribution in [0.2, 0.25) is 5.02 Å². The zero-order valence-corrected chi connectivity index (χ0v) is 15.1. The second kappa shape index (κ2) is 6.34. The van der Waals surface area contributed by atoms with E-state index in [-0.39, 0.29) is 16.9 Å². The van der Waals surface area contributed by atoms with Crippen LogP contribution in [0.25, 0.3) is 9.40 Å². The van der Waals surface area contributed by atoms with Crippen LogP contribution >= 0.6 is 50.2 Å². The van der Waals surface area contributed by atoms with Crippen LogP contribution in [0.4, 0.5) is 4.39 Å². The molecule has 2 heterocycles.